The molecule has 2 heterocycles. The molecule has 2 unspecified atom stereocenters. The smallest absolute Gasteiger partial charge is 0.320 e. The molecule has 0 spiro atoms. The van der Waals surface area contributed by atoms with Crippen molar-refractivity contribution in [2.75, 3.05) is 39.9 Å². The Hall–Kier alpha value is -1.30. The number of hydrogen-bond acceptors (Lipinski definition) is 3. The summed E-state index contributed by atoms with van der Waals surface area (Å²) in [6.45, 7) is 3.57. The summed E-state index contributed by atoms with van der Waals surface area (Å²) in [6, 6.07) is 0.0682. The third-order valence-corrected chi connectivity index (χ3v) is 4.21. The van der Waals surface area contributed by atoms with Gasteiger partial charge in [0.1, 0.15) is 0 Å². The van der Waals surface area contributed by atoms with E-state index in [1.165, 1.54) is 0 Å². The molecule has 2 amide bonds. The lowest BCUT2D eigenvalue weighted by molar-refractivity contribution is -0.138. The number of rotatable bonds is 4. The van der Waals surface area contributed by atoms with Gasteiger partial charge in [-0.1, -0.05) is 0 Å². The maximum absolute atomic E-state index is 12.4. The van der Waals surface area contributed by atoms with E-state index in [0.717, 1.165) is 38.9 Å². The van der Waals surface area contributed by atoms with Gasteiger partial charge in [0.2, 0.25) is 0 Å². The number of piperidine rings is 1. The van der Waals surface area contributed by atoms with Gasteiger partial charge in [0, 0.05) is 45.6 Å². The molecule has 0 aromatic rings. The first-order valence-electron chi connectivity index (χ1n) is 7.34. The van der Waals surface area contributed by atoms with Gasteiger partial charge in [-0.15, -0.1) is 0 Å². The first-order valence-corrected chi connectivity index (χ1v) is 7.34. The Balaban J connectivity index is 1.84. The van der Waals surface area contributed by atoms with Gasteiger partial charge >= 0.3 is 12.0 Å². The van der Waals surface area contributed by atoms with Crippen molar-refractivity contribution in [3.8, 4) is 0 Å². The predicted molar refractivity (Wildman–Crippen MR) is 73.5 cm³/mol. The van der Waals surface area contributed by atoms with Gasteiger partial charge in [-0.3, -0.25) is 4.79 Å². The highest BCUT2D eigenvalue weighted by Gasteiger charge is 2.32. The van der Waals surface area contributed by atoms with Crippen LogP contribution >= 0.6 is 0 Å². The number of aliphatic carboxylic acids is 1. The number of amides is 2. The number of carboxylic acid groups (broad SMARTS) is 1. The van der Waals surface area contributed by atoms with Crippen LogP contribution in [-0.4, -0.2) is 66.8 Å². The van der Waals surface area contributed by atoms with Crippen LogP contribution in [0.3, 0.4) is 0 Å². The summed E-state index contributed by atoms with van der Waals surface area (Å²) in [7, 11) is 1.69. The van der Waals surface area contributed by atoms with Crippen molar-refractivity contribution < 1.29 is 19.4 Å². The van der Waals surface area contributed by atoms with Crippen LogP contribution in [0.25, 0.3) is 0 Å². The van der Waals surface area contributed by atoms with Gasteiger partial charge in [0.05, 0.1) is 6.61 Å². The van der Waals surface area contributed by atoms with Crippen molar-refractivity contribution in [2.24, 2.45) is 11.8 Å². The zero-order valence-corrected chi connectivity index (χ0v) is 12.1. The molecule has 0 saturated carbocycles. The fourth-order valence-electron chi connectivity index (χ4n) is 3.23. The van der Waals surface area contributed by atoms with E-state index in [1.54, 1.807) is 7.11 Å². The molecule has 2 aliphatic heterocycles. The van der Waals surface area contributed by atoms with Gasteiger partial charge in [0.25, 0.3) is 0 Å². The van der Waals surface area contributed by atoms with Crippen LogP contribution in [-0.2, 0) is 9.53 Å². The predicted octanol–water partition coefficient (Wildman–Crippen LogP) is 1.26. The van der Waals surface area contributed by atoms with Gasteiger partial charge in [-0.05, 0) is 25.2 Å². The van der Waals surface area contributed by atoms with Crippen LogP contribution in [0.5, 0.6) is 0 Å². The van der Waals surface area contributed by atoms with Crippen molar-refractivity contribution in [2.45, 2.75) is 25.7 Å². The van der Waals surface area contributed by atoms with E-state index in [4.69, 9.17) is 9.84 Å². The second kappa shape index (κ2) is 6.92. The molecular formula is C14H24N2O4. The molecule has 2 rings (SSSR count). The zero-order chi connectivity index (χ0) is 14.5. The zero-order valence-electron chi connectivity index (χ0n) is 12.1. The number of hydrogen-bond donors (Lipinski definition) is 1. The second-order valence-electron chi connectivity index (χ2n) is 5.89. The van der Waals surface area contributed by atoms with E-state index >= 15 is 0 Å². The Kier molecular flexibility index (Phi) is 5.23. The van der Waals surface area contributed by atoms with E-state index in [-0.39, 0.29) is 18.4 Å². The molecule has 2 aliphatic rings. The largest absolute Gasteiger partial charge is 0.481 e. The lowest BCUT2D eigenvalue weighted by Crippen LogP contribution is -2.47. The minimum Gasteiger partial charge on any atom is -0.481 e. The van der Waals surface area contributed by atoms with Crippen LogP contribution < -0.4 is 0 Å². The van der Waals surface area contributed by atoms with Crippen molar-refractivity contribution in [1.29, 1.82) is 0 Å². The number of ether oxygens (including phenoxy) is 1. The van der Waals surface area contributed by atoms with Crippen molar-refractivity contribution >= 4 is 12.0 Å². The Labute approximate surface area is 119 Å². The fraction of sp³-hybridized carbons (Fsp3) is 0.857. The molecule has 0 aromatic carbocycles. The van der Waals surface area contributed by atoms with Crippen LogP contribution in [0.2, 0.25) is 0 Å². The second-order valence-corrected chi connectivity index (χ2v) is 5.89. The lowest BCUT2D eigenvalue weighted by atomic mass is 9.95. The summed E-state index contributed by atoms with van der Waals surface area (Å²) >= 11 is 0. The molecule has 2 atom stereocenters. The Morgan fingerprint density at radius 1 is 1.15 bits per heavy atom. The molecule has 6 heteroatoms. The van der Waals surface area contributed by atoms with Crippen LogP contribution in [0, 0.1) is 11.8 Å². The topological polar surface area (TPSA) is 70.1 Å². The van der Waals surface area contributed by atoms with Crippen LogP contribution in [0.1, 0.15) is 25.7 Å². The van der Waals surface area contributed by atoms with Gasteiger partial charge < -0.3 is 19.6 Å². The third-order valence-electron chi connectivity index (χ3n) is 4.21. The number of carbonyl (C=O) groups excluding carboxylic acids is 1. The quantitative estimate of drug-likeness (QED) is 0.844. The first kappa shape index (κ1) is 15.1. The third kappa shape index (κ3) is 3.85. The molecular weight excluding hydrogens is 260 g/mol. The minimum atomic E-state index is -0.773. The van der Waals surface area contributed by atoms with E-state index in [9.17, 15) is 9.59 Å². The summed E-state index contributed by atoms with van der Waals surface area (Å²) in [6.07, 6.45) is 2.96. The Bertz CT molecular complexity index is 361. The molecule has 114 valence electrons. The normalized spacial score (nSPS) is 26.9. The molecule has 20 heavy (non-hydrogen) atoms. The summed E-state index contributed by atoms with van der Waals surface area (Å²) < 4.78 is 5.14. The number of nitrogens with zero attached hydrogens (tertiary/aromatic N) is 2. The van der Waals surface area contributed by atoms with Crippen LogP contribution in [0.15, 0.2) is 0 Å². The monoisotopic (exact) mass is 284 g/mol. The summed E-state index contributed by atoms with van der Waals surface area (Å²) in [5.41, 5.74) is 0. The van der Waals surface area contributed by atoms with Crippen LogP contribution in [0.4, 0.5) is 4.79 Å². The molecule has 1 N–H and O–H groups in total. The van der Waals surface area contributed by atoms with Crippen molar-refractivity contribution in [3.05, 3.63) is 0 Å². The van der Waals surface area contributed by atoms with Gasteiger partial charge in [-0.2, -0.15) is 0 Å². The van der Waals surface area contributed by atoms with Gasteiger partial charge in [0.15, 0.2) is 0 Å². The molecule has 2 saturated heterocycles. The maximum atomic E-state index is 12.4. The molecule has 0 radical (unpaired) electrons. The SMILES string of the molecule is COCC1CCN(C(=O)N2CCCC(CC(=O)O)C2)C1. The van der Waals surface area contributed by atoms with Gasteiger partial charge in [-0.25, -0.2) is 4.79 Å². The highest BCUT2D eigenvalue weighted by Crippen LogP contribution is 2.23. The number of urea groups is 1. The molecule has 6 nitrogen and oxygen atoms in total. The number of carbonyl (C=O) groups is 2. The van der Waals surface area contributed by atoms with E-state index < -0.39 is 5.97 Å². The number of methoxy groups -OCH3 is 1. The first-order chi connectivity index (χ1) is 9.60. The fourth-order valence-corrected chi connectivity index (χ4v) is 3.23. The van der Waals surface area contributed by atoms with E-state index in [2.05, 4.69) is 0 Å². The standard InChI is InChI=1S/C14H24N2O4/c1-20-10-12-4-6-16(9-12)14(19)15-5-2-3-11(8-15)7-13(17)18/h11-12H,2-10H2,1H3,(H,17,18). The number of likely N-dealkylation sites (tertiary alicyclic amines) is 2. The van der Waals surface area contributed by atoms with Crippen molar-refractivity contribution in [1.82, 2.24) is 9.80 Å². The molecule has 0 aromatic heterocycles. The number of carboxylic acids is 1. The Morgan fingerprint density at radius 3 is 2.55 bits per heavy atom. The summed E-state index contributed by atoms with van der Waals surface area (Å²) in [5, 5.41) is 8.87. The minimum absolute atomic E-state index is 0.0682. The summed E-state index contributed by atoms with van der Waals surface area (Å²) in [5.74, 6) is -0.239. The lowest BCUT2D eigenvalue weighted by Gasteiger charge is -2.34. The maximum Gasteiger partial charge on any atom is 0.320 e. The average molecular weight is 284 g/mol. The van der Waals surface area contributed by atoms with E-state index in [1.807, 2.05) is 9.80 Å². The highest BCUT2D eigenvalue weighted by atomic mass is 16.5. The van der Waals surface area contributed by atoms with E-state index in [0.29, 0.717) is 19.1 Å². The highest BCUT2D eigenvalue weighted by molar-refractivity contribution is 5.75. The summed E-state index contributed by atoms with van der Waals surface area (Å²) in [4.78, 5) is 26.9. The molecule has 0 aliphatic carbocycles. The molecule has 0 bridgehead atoms. The molecule has 2 fully saturated rings. The van der Waals surface area contributed by atoms with Crippen molar-refractivity contribution in [3.63, 3.8) is 0 Å². The Morgan fingerprint density at radius 2 is 1.85 bits per heavy atom. The average Bonchev–Trinajstić information content (AvgIpc) is 2.86.